The molecule has 1 aliphatic heterocycles. The molecular weight excluding hydrogens is 413 g/mol. The molecule has 0 saturated heterocycles. The van der Waals surface area contributed by atoms with Crippen LogP contribution >= 0.6 is 0 Å². The summed E-state index contributed by atoms with van der Waals surface area (Å²) in [5, 5.41) is 12.7. The number of nitrogens with one attached hydrogen (secondary N) is 2. The molecule has 1 fully saturated rings. The van der Waals surface area contributed by atoms with Gasteiger partial charge >= 0.3 is 0 Å². The fourth-order valence-corrected chi connectivity index (χ4v) is 4.80. The van der Waals surface area contributed by atoms with Gasteiger partial charge in [-0.25, -0.2) is 4.39 Å². The first-order valence-corrected chi connectivity index (χ1v) is 11.6. The van der Waals surface area contributed by atoms with E-state index in [2.05, 4.69) is 52.6 Å². The molecule has 2 unspecified atom stereocenters. The van der Waals surface area contributed by atoms with Crippen LogP contribution in [-0.2, 0) is 26.1 Å². The number of hydroxylamine groups is 1. The Morgan fingerprint density at radius 3 is 2.52 bits per heavy atom. The second kappa shape index (κ2) is 9.48. The normalized spacial score (nSPS) is 19.7. The van der Waals surface area contributed by atoms with Crippen molar-refractivity contribution in [1.29, 1.82) is 0 Å². The summed E-state index contributed by atoms with van der Waals surface area (Å²) in [6.45, 7) is 7.56. The Kier molecular flexibility index (Phi) is 6.27. The van der Waals surface area contributed by atoms with E-state index in [9.17, 15) is 4.39 Å². The van der Waals surface area contributed by atoms with Crippen LogP contribution in [0.4, 0.5) is 4.39 Å². The lowest BCUT2D eigenvalue weighted by Gasteiger charge is -2.29. The molecule has 1 saturated carbocycles. The van der Waals surface area contributed by atoms with Crippen LogP contribution in [0.3, 0.4) is 0 Å². The lowest BCUT2D eigenvalue weighted by Crippen LogP contribution is -2.30. The van der Waals surface area contributed by atoms with Crippen molar-refractivity contribution in [1.82, 2.24) is 15.7 Å². The zero-order valence-electron chi connectivity index (χ0n) is 18.7. The van der Waals surface area contributed by atoms with Gasteiger partial charge < -0.3 is 5.32 Å². The fraction of sp³-hybridized carbons (Fsp3) is 0.286. The summed E-state index contributed by atoms with van der Waals surface area (Å²) in [5.74, 6) is 0.323. The zero-order chi connectivity index (χ0) is 22.8. The van der Waals surface area contributed by atoms with Crippen LogP contribution in [-0.4, -0.2) is 22.7 Å². The van der Waals surface area contributed by atoms with Crippen LogP contribution in [0.25, 0.3) is 5.70 Å². The van der Waals surface area contributed by atoms with E-state index < -0.39 is 0 Å². The quantitative estimate of drug-likeness (QED) is 0.430. The number of rotatable bonds is 8. The Bertz CT molecular complexity index is 1130. The first-order chi connectivity index (χ1) is 16.1. The maximum Gasteiger partial charge on any atom is 0.123 e. The molecule has 2 atom stereocenters. The minimum Gasteiger partial charge on any atom is -0.309 e. The standard InChI is InChI=1S/C28H30FN3O/c1-19(31-33)22-5-2-20(3-6-22)17-32-13-12-23-7-4-21(14-25(23)18-32)16-30-28-15-27(28)24-8-10-26(29)11-9-24/h2-11,14,27-28,30-31,33H,1,12-13,15-18H2. The molecule has 0 amide bonds. The van der Waals surface area contributed by atoms with E-state index in [1.165, 1.54) is 27.8 Å². The maximum atomic E-state index is 13.2. The second-order valence-corrected chi connectivity index (χ2v) is 9.23. The van der Waals surface area contributed by atoms with Gasteiger partial charge in [-0.1, -0.05) is 61.2 Å². The summed E-state index contributed by atoms with van der Waals surface area (Å²) in [6, 6.07) is 22.4. The van der Waals surface area contributed by atoms with Gasteiger partial charge in [0.25, 0.3) is 0 Å². The van der Waals surface area contributed by atoms with Crippen LogP contribution in [0.5, 0.6) is 0 Å². The molecular formula is C28H30FN3O. The molecule has 33 heavy (non-hydrogen) atoms. The Balaban J connectivity index is 1.16. The van der Waals surface area contributed by atoms with E-state index in [1.54, 1.807) is 12.1 Å². The van der Waals surface area contributed by atoms with Crippen LogP contribution in [0.2, 0.25) is 0 Å². The minimum absolute atomic E-state index is 0.172. The highest BCUT2D eigenvalue weighted by atomic mass is 19.1. The monoisotopic (exact) mass is 443 g/mol. The fourth-order valence-electron chi connectivity index (χ4n) is 4.80. The number of nitrogens with zero attached hydrogens (tertiary/aromatic N) is 1. The van der Waals surface area contributed by atoms with Gasteiger partial charge in [0, 0.05) is 38.1 Å². The van der Waals surface area contributed by atoms with Crippen molar-refractivity contribution in [3.63, 3.8) is 0 Å². The van der Waals surface area contributed by atoms with Crippen molar-refractivity contribution in [3.05, 3.63) is 113 Å². The molecule has 5 heteroatoms. The number of halogens is 1. The SMILES string of the molecule is C=C(NO)c1ccc(CN2CCc3ccc(CNC4CC4c4ccc(F)cc4)cc3C2)cc1. The summed E-state index contributed by atoms with van der Waals surface area (Å²) in [4.78, 5) is 2.49. The van der Waals surface area contributed by atoms with Crippen LogP contribution in [0.1, 0.15) is 45.7 Å². The van der Waals surface area contributed by atoms with Crippen molar-refractivity contribution >= 4 is 5.70 Å². The third kappa shape index (κ3) is 5.17. The Labute approximate surface area is 194 Å². The predicted octanol–water partition coefficient (Wildman–Crippen LogP) is 4.98. The number of benzene rings is 3. The van der Waals surface area contributed by atoms with Gasteiger partial charge in [0.05, 0.1) is 5.70 Å². The highest BCUT2D eigenvalue weighted by Gasteiger charge is 2.37. The van der Waals surface area contributed by atoms with E-state index in [1.807, 2.05) is 24.3 Å². The predicted molar refractivity (Wildman–Crippen MR) is 129 cm³/mol. The molecule has 2 aliphatic rings. The average molecular weight is 444 g/mol. The first-order valence-electron chi connectivity index (χ1n) is 11.6. The molecule has 0 aromatic heterocycles. The maximum absolute atomic E-state index is 13.2. The number of hydrogen-bond donors (Lipinski definition) is 3. The number of fused-ring (bicyclic) bond motifs is 1. The van der Waals surface area contributed by atoms with Crippen molar-refractivity contribution in [2.75, 3.05) is 6.54 Å². The van der Waals surface area contributed by atoms with E-state index in [-0.39, 0.29) is 5.82 Å². The van der Waals surface area contributed by atoms with E-state index in [0.29, 0.717) is 17.7 Å². The largest absolute Gasteiger partial charge is 0.309 e. The van der Waals surface area contributed by atoms with E-state index in [4.69, 9.17) is 5.21 Å². The summed E-state index contributed by atoms with van der Waals surface area (Å²) in [5.41, 5.74) is 10.2. The highest BCUT2D eigenvalue weighted by molar-refractivity contribution is 5.60. The third-order valence-electron chi connectivity index (χ3n) is 6.86. The van der Waals surface area contributed by atoms with Crippen LogP contribution < -0.4 is 10.8 Å². The third-order valence-corrected chi connectivity index (χ3v) is 6.86. The molecule has 1 aliphatic carbocycles. The lowest BCUT2D eigenvalue weighted by atomic mass is 9.97. The molecule has 1 heterocycles. The van der Waals surface area contributed by atoms with Gasteiger partial charge in [0.1, 0.15) is 5.82 Å². The van der Waals surface area contributed by atoms with Gasteiger partial charge in [0.15, 0.2) is 0 Å². The summed E-state index contributed by atoms with van der Waals surface area (Å²) >= 11 is 0. The van der Waals surface area contributed by atoms with Gasteiger partial charge in [-0.05, 0) is 58.4 Å². The Morgan fingerprint density at radius 1 is 1.00 bits per heavy atom. The molecule has 0 bridgehead atoms. The summed E-state index contributed by atoms with van der Waals surface area (Å²) in [6.07, 6.45) is 2.19. The lowest BCUT2D eigenvalue weighted by molar-refractivity contribution is 0.225. The molecule has 4 nitrogen and oxygen atoms in total. The Hall–Kier alpha value is -2.99. The molecule has 3 aromatic carbocycles. The summed E-state index contributed by atoms with van der Waals surface area (Å²) < 4.78 is 13.2. The minimum atomic E-state index is -0.172. The molecule has 3 N–H and O–H groups in total. The topological polar surface area (TPSA) is 47.5 Å². The second-order valence-electron chi connectivity index (χ2n) is 9.23. The van der Waals surface area contributed by atoms with Crippen LogP contribution in [0, 0.1) is 5.82 Å². The average Bonchev–Trinajstić information content (AvgIpc) is 3.62. The number of hydrogen-bond acceptors (Lipinski definition) is 4. The smallest absolute Gasteiger partial charge is 0.123 e. The molecule has 5 rings (SSSR count). The van der Waals surface area contributed by atoms with Gasteiger partial charge in [-0.2, -0.15) is 0 Å². The molecule has 0 radical (unpaired) electrons. The molecule has 3 aromatic rings. The van der Waals surface area contributed by atoms with E-state index >= 15 is 0 Å². The zero-order valence-corrected chi connectivity index (χ0v) is 18.7. The first kappa shape index (κ1) is 21.8. The van der Waals surface area contributed by atoms with Crippen LogP contribution in [0.15, 0.2) is 73.3 Å². The van der Waals surface area contributed by atoms with Gasteiger partial charge in [0.2, 0.25) is 0 Å². The molecule has 170 valence electrons. The van der Waals surface area contributed by atoms with Gasteiger partial charge in [-0.3, -0.25) is 15.6 Å². The molecule has 0 spiro atoms. The highest BCUT2D eigenvalue weighted by Crippen LogP contribution is 2.41. The van der Waals surface area contributed by atoms with E-state index in [0.717, 1.165) is 44.6 Å². The van der Waals surface area contributed by atoms with Crippen molar-refractivity contribution in [2.24, 2.45) is 0 Å². The Morgan fingerprint density at radius 2 is 1.76 bits per heavy atom. The van der Waals surface area contributed by atoms with Crippen molar-refractivity contribution in [3.8, 4) is 0 Å². The van der Waals surface area contributed by atoms with Crippen molar-refractivity contribution < 1.29 is 9.60 Å². The van der Waals surface area contributed by atoms with Gasteiger partial charge in [-0.15, -0.1) is 0 Å². The summed E-state index contributed by atoms with van der Waals surface area (Å²) in [7, 11) is 0. The van der Waals surface area contributed by atoms with Crippen molar-refractivity contribution in [2.45, 2.75) is 44.4 Å².